The molecule has 0 fully saturated rings. The molecule has 0 aliphatic rings. The van der Waals surface area contributed by atoms with Crippen molar-refractivity contribution in [2.45, 2.75) is 31.8 Å². The zero-order chi connectivity index (χ0) is 14.0. The first-order valence-corrected chi connectivity index (χ1v) is 7.03. The van der Waals surface area contributed by atoms with E-state index in [0.29, 0.717) is 6.42 Å². The summed E-state index contributed by atoms with van der Waals surface area (Å²) < 4.78 is 19.1. The normalized spacial score (nSPS) is 13.1. The van der Waals surface area contributed by atoms with E-state index in [1.165, 1.54) is 0 Å². The summed E-state index contributed by atoms with van der Waals surface area (Å²) in [6.45, 7) is 2.61. The standard InChI is InChI=1S/C10H19O7P/c1-2-3-4-5-6-10(12)16-7-9(11)8-17-18(13,14)15/h2,9,11H,1,3-8H2,(H2,13,14,15). The van der Waals surface area contributed by atoms with E-state index in [9.17, 15) is 14.5 Å². The second kappa shape index (κ2) is 9.24. The lowest BCUT2D eigenvalue weighted by atomic mass is 10.2. The van der Waals surface area contributed by atoms with Crippen molar-refractivity contribution >= 4 is 13.8 Å². The Morgan fingerprint density at radius 1 is 1.33 bits per heavy atom. The highest BCUT2D eigenvalue weighted by Gasteiger charge is 2.17. The van der Waals surface area contributed by atoms with E-state index in [0.717, 1.165) is 12.8 Å². The van der Waals surface area contributed by atoms with Gasteiger partial charge in [-0.15, -0.1) is 6.58 Å². The number of unbranched alkanes of at least 4 members (excludes halogenated alkanes) is 2. The van der Waals surface area contributed by atoms with Crippen LogP contribution < -0.4 is 0 Å². The summed E-state index contributed by atoms with van der Waals surface area (Å²) in [5, 5.41) is 9.21. The predicted molar refractivity (Wildman–Crippen MR) is 63.6 cm³/mol. The van der Waals surface area contributed by atoms with Gasteiger partial charge in [-0.05, 0) is 19.3 Å². The molecule has 0 aromatic rings. The molecule has 0 rings (SSSR count). The highest BCUT2D eigenvalue weighted by Crippen LogP contribution is 2.35. The number of carbonyl (C=O) groups is 1. The van der Waals surface area contributed by atoms with Gasteiger partial charge < -0.3 is 19.6 Å². The van der Waals surface area contributed by atoms with Crippen molar-refractivity contribution in [2.75, 3.05) is 13.2 Å². The Morgan fingerprint density at radius 3 is 2.56 bits per heavy atom. The van der Waals surface area contributed by atoms with E-state index in [1.54, 1.807) is 6.08 Å². The second-order valence-electron chi connectivity index (χ2n) is 3.66. The average molecular weight is 282 g/mol. The Hall–Kier alpha value is -0.720. The van der Waals surface area contributed by atoms with Crippen LogP contribution in [-0.2, 0) is 18.6 Å². The number of ether oxygens (including phenoxy) is 1. The fourth-order valence-corrected chi connectivity index (χ4v) is 1.42. The van der Waals surface area contributed by atoms with Gasteiger partial charge in [0.25, 0.3) is 0 Å². The molecule has 18 heavy (non-hydrogen) atoms. The van der Waals surface area contributed by atoms with Crippen LogP contribution in [0.25, 0.3) is 0 Å². The fraction of sp³-hybridized carbons (Fsp3) is 0.700. The zero-order valence-electron chi connectivity index (χ0n) is 10.0. The molecule has 0 aromatic carbocycles. The highest BCUT2D eigenvalue weighted by atomic mass is 31.2. The monoisotopic (exact) mass is 282 g/mol. The predicted octanol–water partition coefficient (Wildman–Crippen LogP) is 0.746. The number of hydrogen-bond donors (Lipinski definition) is 3. The number of esters is 1. The van der Waals surface area contributed by atoms with Crippen LogP contribution in [0.1, 0.15) is 25.7 Å². The number of aliphatic hydroxyl groups is 1. The third kappa shape index (κ3) is 11.8. The van der Waals surface area contributed by atoms with E-state index < -0.39 is 26.5 Å². The summed E-state index contributed by atoms with van der Waals surface area (Å²) in [6.07, 6.45) is 3.07. The van der Waals surface area contributed by atoms with Crippen LogP contribution in [0.4, 0.5) is 0 Å². The largest absolute Gasteiger partial charge is 0.469 e. The van der Waals surface area contributed by atoms with Gasteiger partial charge in [-0.1, -0.05) is 6.08 Å². The van der Waals surface area contributed by atoms with Gasteiger partial charge in [-0.25, -0.2) is 4.57 Å². The van der Waals surface area contributed by atoms with E-state index in [1.807, 2.05) is 0 Å². The molecule has 0 saturated carbocycles. The number of phosphoric acid groups is 1. The summed E-state index contributed by atoms with van der Waals surface area (Å²) in [5.41, 5.74) is 0. The molecule has 0 aliphatic heterocycles. The molecular formula is C10H19O7P. The number of rotatable bonds is 10. The van der Waals surface area contributed by atoms with E-state index in [4.69, 9.17) is 14.5 Å². The Bertz CT molecular complexity index is 299. The maximum Gasteiger partial charge on any atom is 0.469 e. The highest BCUT2D eigenvalue weighted by molar-refractivity contribution is 7.46. The van der Waals surface area contributed by atoms with E-state index in [-0.39, 0.29) is 13.0 Å². The van der Waals surface area contributed by atoms with Crippen LogP contribution in [0, 0.1) is 0 Å². The Labute approximate surface area is 106 Å². The molecule has 0 bridgehead atoms. The second-order valence-corrected chi connectivity index (χ2v) is 4.90. The van der Waals surface area contributed by atoms with Crippen molar-refractivity contribution in [1.82, 2.24) is 0 Å². The number of allylic oxidation sites excluding steroid dienone is 1. The van der Waals surface area contributed by atoms with Crippen molar-refractivity contribution in [1.29, 1.82) is 0 Å². The van der Waals surface area contributed by atoms with Gasteiger partial charge in [-0.2, -0.15) is 0 Å². The Morgan fingerprint density at radius 2 is 2.00 bits per heavy atom. The van der Waals surface area contributed by atoms with Crippen molar-refractivity contribution < 1.29 is 33.5 Å². The van der Waals surface area contributed by atoms with E-state index in [2.05, 4.69) is 11.1 Å². The summed E-state index contributed by atoms with van der Waals surface area (Å²) in [4.78, 5) is 27.9. The van der Waals surface area contributed by atoms with Crippen LogP contribution >= 0.6 is 7.82 Å². The lowest BCUT2D eigenvalue weighted by Crippen LogP contribution is -2.23. The third-order valence-corrected chi connectivity index (χ3v) is 2.40. The Balaban J connectivity index is 3.59. The van der Waals surface area contributed by atoms with Crippen LogP contribution in [0.2, 0.25) is 0 Å². The maximum absolute atomic E-state index is 11.2. The first-order valence-electron chi connectivity index (χ1n) is 5.50. The number of phosphoric ester groups is 1. The smallest absolute Gasteiger partial charge is 0.463 e. The van der Waals surface area contributed by atoms with Gasteiger partial charge in [0.2, 0.25) is 0 Å². The maximum atomic E-state index is 11.2. The average Bonchev–Trinajstić information content (AvgIpc) is 2.28. The number of hydrogen-bond acceptors (Lipinski definition) is 5. The molecule has 0 heterocycles. The topological polar surface area (TPSA) is 113 Å². The van der Waals surface area contributed by atoms with Crippen molar-refractivity contribution in [2.24, 2.45) is 0 Å². The fourth-order valence-electron chi connectivity index (χ4n) is 1.05. The molecule has 3 N–H and O–H groups in total. The van der Waals surface area contributed by atoms with Crippen LogP contribution in [-0.4, -0.2) is 40.2 Å². The lowest BCUT2D eigenvalue weighted by Gasteiger charge is -2.12. The number of aliphatic hydroxyl groups excluding tert-OH is 1. The van der Waals surface area contributed by atoms with Gasteiger partial charge >= 0.3 is 13.8 Å². The SMILES string of the molecule is C=CCCCCC(=O)OCC(O)COP(=O)(O)O. The minimum atomic E-state index is -4.60. The van der Waals surface area contributed by atoms with Gasteiger partial charge in [0.1, 0.15) is 12.7 Å². The molecule has 0 spiro atoms. The minimum Gasteiger partial charge on any atom is -0.463 e. The molecule has 8 heteroatoms. The minimum absolute atomic E-state index is 0.236. The quantitative estimate of drug-likeness (QED) is 0.234. The molecule has 0 amide bonds. The molecular weight excluding hydrogens is 263 g/mol. The molecule has 0 aromatic heterocycles. The number of carbonyl (C=O) groups excluding carboxylic acids is 1. The lowest BCUT2D eigenvalue weighted by molar-refractivity contribution is -0.147. The summed E-state index contributed by atoms with van der Waals surface area (Å²) in [5.74, 6) is -0.464. The zero-order valence-corrected chi connectivity index (χ0v) is 10.9. The van der Waals surface area contributed by atoms with Crippen LogP contribution in [0.5, 0.6) is 0 Å². The van der Waals surface area contributed by atoms with E-state index >= 15 is 0 Å². The molecule has 1 unspecified atom stereocenters. The molecule has 1 atom stereocenters. The van der Waals surface area contributed by atoms with Gasteiger partial charge in [0.05, 0.1) is 6.61 Å². The molecule has 106 valence electrons. The first kappa shape index (κ1) is 17.3. The molecule has 0 saturated heterocycles. The Kier molecular flexibility index (Phi) is 8.87. The van der Waals surface area contributed by atoms with Gasteiger partial charge in [-0.3, -0.25) is 9.32 Å². The van der Waals surface area contributed by atoms with Crippen LogP contribution in [0.15, 0.2) is 12.7 Å². The summed E-state index contributed by atoms with van der Waals surface area (Å²) >= 11 is 0. The first-order chi connectivity index (χ1) is 8.35. The van der Waals surface area contributed by atoms with Gasteiger partial charge in [0, 0.05) is 6.42 Å². The molecule has 0 aliphatic carbocycles. The third-order valence-electron chi connectivity index (χ3n) is 1.91. The van der Waals surface area contributed by atoms with Gasteiger partial charge in [0.15, 0.2) is 0 Å². The molecule has 7 nitrogen and oxygen atoms in total. The van der Waals surface area contributed by atoms with Crippen molar-refractivity contribution in [3.05, 3.63) is 12.7 Å². The van der Waals surface area contributed by atoms with Crippen molar-refractivity contribution in [3.63, 3.8) is 0 Å². The summed E-state index contributed by atoms with van der Waals surface area (Å²) in [7, 11) is -4.60. The summed E-state index contributed by atoms with van der Waals surface area (Å²) in [6, 6.07) is 0. The van der Waals surface area contributed by atoms with Crippen molar-refractivity contribution in [3.8, 4) is 0 Å². The molecule has 0 radical (unpaired) electrons. The van der Waals surface area contributed by atoms with Crippen LogP contribution in [0.3, 0.4) is 0 Å².